The molecule has 276 valence electrons. The van der Waals surface area contributed by atoms with Crippen LogP contribution in [0, 0.1) is 0 Å². The van der Waals surface area contributed by atoms with E-state index in [9.17, 15) is 9.46 Å². The molecular formula is C26H32F2N10O8P2S3. The van der Waals surface area contributed by atoms with Gasteiger partial charge in [0.1, 0.15) is 46.9 Å². The molecule has 10 atom stereocenters. The van der Waals surface area contributed by atoms with E-state index in [2.05, 4.69) is 42.5 Å². The van der Waals surface area contributed by atoms with Gasteiger partial charge in [-0.3, -0.25) is 18.1 Å². The van der Waals surface area contributed by atoms with Crippen LogP contribution >= 0.6 is 37.5 Å². The van der Waals surface area contributed by atoms with Crippen LogP contribution in [0.3, 0.4) is 0 Å². The molecule has 18 nitrogen and oxygen atoms in total. The van der Waals surface area contributed by atoms with E-state index < -0.39 is 75.9 Å². The molecule has 0 amide bonds. The van der Waals surface area contributed by atoms with Gasteiger partial charge in [0.05, 0.1) is 24.9 Å². The first-order valence-corrected chi connectivity index (χ1v) is 22.0. The van der Waals surface area contributed by atoms with Gasteiger partial charge in [-0.2, -0.15) is 9.97 Å². The van der Waals surface area contributed by atoms with Crippen LogP contribution in [0.1, 0.15) is 24.4 Å². The highest BCUT2D eigenvalue weighted by molar-refractivity contribution is 8.44. The highest BCUT2D eigenvalue weighted by Crippen LogP contribution is 2.59. The summed E-state index contributed by atoms with van der Waals surface area (Å²) in [6.45, 7) is -9.41. The Hall–Kier alpha value is -2.11. The van der Waals surface area contributed by atoms with Crippen molar-refractivity contribution in [2.24, 2.45) is 5.73 Å². The molecule has 3 fully saturated rings. The molecule has 8 rings (SSSR count). The second-order valence-electron chi connectivity index (χ2n) is 12.1. The molecule has 8 heterocycles. The van der Waals surface area contributed by atoms with E-state index in [-0.39, 0.29) is 29.5 Å². The number of halogens is 2. The van der Waals surface area contributed by atoms with Crippen LogP contribution in [0.4, 0.5) is 20.5 Å². The smallest absolute Gasteiger partial charge is 0.382 e. The van der Waals surface area contributed by atoms with E-state index in [1.807, 2.05) is 0 Å². The van der Waals surface area contributed by atoms with Gasteiger partial charge < -0.3 is 40.2 Å². The first-order valence-electron chi connectivity index (χ1n) is 15.7. The van der Waals surface area contributed by atoms with Crippen molar-refractivity contribution in [3.8, 4) is 0 Å². The molecule has 4 aliphatic heterocycles. The minimum atomic E-state index is -4.46. The van der Waals surface area contributed by atoms with Crippen molar-refractivity contribution < 1.29 is 45.8 Å². The maximum absolute atomic E-state index is 16.5. The molecular weight excluding hydrogens is 776 g/mol. The third-order valence-corrected chi connectivity index (χ3v) is 13.0. The number of nitrogens with one attached hydrogen (secondary N) is 1. The van der Waals surface area contributed by atoms with Crippen molar-refractivity contribution in [2.45, 2.75) is 67.1 Å². The highest BCUT2D eigenvalue weighted by atomic mass is 32.7. The Bertz CT molecular complexity index is 2070. The van der Waals surface area contributed by atoms with Gasteiger partial charge in [-0.25, -0.2) is 28.3 Å². The van der Waals surface area contributed by atoms with Crippen molar-refractivity contribution in [1.29, 1.82) is 0 Å². The molecule has 0 spiro atoms. The molecule has 0 aromatic carbocycles. The second-order valence-corrected chi connectivity index (χ2v) is 18.8. The van der Waals surface area contributed by atoms with Gasteiger partial charge in [0.2, 0.25) is 5.95 Å². The zero-order chi connectivity index (χ0) is 35.7. The molecule has 0 radical (unpaired) electrons. The van der Waals surface area contributed by atoms with Crippen molar-refractivity contribution in [3.63, 3.8) is 0 Å². The molecule has 4 aromatic heterocycles. The molecule has 4 aromatic rings. The molecule has 0 aliphatic carbocycles. The lowest BCUT2D eigenvalue weighted by Crippen LogP contribution is -2.34. The summed E-state index contributed by atoms with van der Waals surface area (Å²) in [7, 11) is 0. The quantitative estimate of drug-likeness (QED) is 0.111. The number of ether oxygens (including phenoxy) is 2. The molecule has 3 saturated heterocycles. The van der Waals surface area contributed by atoms with Gasteiger partial charge in [0.15, 0.2) is 36.3 Å². The third kappa shape index (κ3) is 6.79. The summed E-state index contributed by atoms with van der Waals surface area (Å²) in [5.41, 5.74) is 13.4. The fourth-order valence-electron chi connectivity index (χ4n) is 6.49. The first-order chi connectivity index (χ1) is 24.4. The number of aryl methyl sites for hydroxylation is 1. The number of nitrogens with two attached hydrogens (primary N) is 2. The maximum Gasteiger partial charge on any atom is 0.386 e. The van der Waals surface area contributed by atoms with Crippen LogP contribution in [0.15, 0.2) is 23.9 Å². The maximum atomic E-state index is 16.5. The number of nitrogens with zero attached hydrogens (tertiary/aromatic N) is 7. The zero-order valence-electron chi connectivity index (χ0n) is 26.3. The van der Waals surface area contributed by atoms with Crippen LogP contribution < -0.4 is 16.8 Å². The van der Waals surface area contributed by atoms with Gasteiger partial charge in [0, 0.05) is 19.3 Å². The zero-order valence-corrected chi connectivity index (χ0v) is 30.6. The fourth-order valence-corrected chi connectivity index (χ4v) is 10.3. The lowest BCUT2D eigenvalue weighted by atomic mass is 10.1. The number of thiol groups is 1. The average molecular weight is 809 g/mol. The number of thioether (sulfide) groups is 1. The molecule has 0 saturated carbocycles. The van der Waals surface area contributed by atoms with E-state index in [0.29, 0.717) is 12.2 Å². The number of hydrogen-bond acceptors (Lipinski definition) is 17. The molecule has 2 unspecified atom stereocenters. The van der Waals surface area contributed by atoms with Crippen LogP contribution in [0.25, 0.3) is 22.2 Å². The number of alkyl halides is 2. The Morgan fingerprint density at radius 1 is 1.06 bits per heavy atom. The first kappa shape index (κ1) is 35.9. The Labute approximate surface area is 302 Å². The van der Waals surface area contributed by atoms with Crippen LogP contribution in [-0.2, 0) is 50.4 Å². The Balaban J connectivity index is 1.10. The molecule has 2 bridgehead atoms. The number of hydrogen-bond donors (Lipinski definition) is 5. The van der Waals surface area contributed by atoms with Crippen molar-refractivity contribution in [3.05, 3.63) is 24.4 Å². The summed E-state index contributed by atoms with van der Waals surface area (Å²) in [6, 6.07) is 0. The van der Waals surface area contributed by atoms with Crippen LogP contribution in [0.2, 0.25) is 0 Å². The van der Waals surface area contributed by atoms with Gasteiger partial charge in [0.25, 0.3) is 0 Å². The van der Waals surface area contributed by atoms with E-state index in [1.165, 1.54) is 17.2 Å². The summed E-state index contributed by atoms with van der Waals surface area (Å²) in [5.74, 6) is 1.02. The van der Waals surface area contributed by atoms with E-state index in [1.54, 1.807) is 22.5 Å². The molecule has 25 heteroatoms. The number of imidazole rings is 1. The molecule has 51 heavy (non-hydrogen) atoms. The minimum absolute atomic E-state index is 0.0172. The lowest BCUT2D eigenvalue weighted by Gasteiger charge is -2.26. The van der Waals surface area contributed by atoms with Crippen molar-refractivity contribution >= 4 is 83.3 Å². The largest absolute Gasteiger partial charge is 0.386 e. The van der Waals surface area contributed by atoms with E-state index >= 15 is 8.78 Å². The Morgan fingerprint density at radius 3 is 2.69 bits per heavy atom. The fraction of sp³-hybridized carbons (Fsp3) is 0.577. The normalized spacial score (nSPS) is 35.9. The van der Waals surface area contributed by atoms with Gasteiger partial charge in [-0.1, -0.05) is 12.2 Å². The van der Waals surface area contributed by atoms with Gasteiger partial charge >= 0.3 is 13.5 Å². The number of fused-ring (bicyclic) bond motifs is 4. The highest BCUT2D eigenvalue weighted by Gasteiger charge is 2.54. The summed E-state index contributed by atoms with van der Waals surface area (Å²) >= 11 is 11.0. The molecule has 4 aliphatic rings. The van der Waals surface area contributed by atoms with Crippen LogP contribution in [0.5, 0.6) is 0 Å². The van der Waals surface area contributed by atoms with Gasteiger partial charge in [-0.15, -0.1) is 11.8 Å². The van der Waals surface area contributed by atoms with E-state index in [4.69, 9.17) is 50.8 Å². The topological polar surface area (TPSA) is 231 Å². The number of aromatic nitrogens is 7. The molecule has 6 N–H and O–H groups in total. The predicted octanol–water partition coefficient (Wildman–Crippen LogP) is 2.81. The Morgan fingerprint density at radius 2 is 1.86 bits per heavy atom. The minimum Gasteiger partial charge on any atom is -0.382 e. The Kier molecular flexibility index (Phi) is 9.82. The summed E-state index contributed by atoms with van der Waals surface area (Å²) in [5, 5.41) is 4.49. The van der Waals surface area contributed by atoms with Crippen LogP contribution in [-0.4, -0.2) is 108 Å². The SMILES string of the molecule is NCCNc1nc(N)c2ncn([C@@H]3O[C@@H]4COP(O)(=S)O[C@H]5[C@@H](F)[C@H](n6cc7c8c(ncnc86)SCCC7)O[C@@H]5COP(=O)(S)O[C@@H]3[C@@H]4F)c2n1. The number of rotatable bonds is 5. The second kappa shape index (κ2) is 13.9. The third-order valence-electron chi connectivity index (χ3n) is 8.75. The summed E-state index contributed by atoms with van der Waals surface area (Å²) in [6.07, 6.45) is -6.62. The number of nitrogen functional groups attached to an aromatic ring is 1. The summed E-state index contributed by atoms with van der Waals surface area (Å²) < 4.78 is 83.8. The summed E-state index contributed by atoms with van der Waals surface area (Å²) in [4.78, 5) is 32.8. The predicted molar refractivity (Wildman–Crippen MR) is 186 cm³/mol. The monoisotopic (exact) mass is 808 g/mol. The number of anilines is 2. The van der Waals surface area contributed by atoms with Gasteiger partial charge in [-0.05, 0) is 36.0 Å². The van der Waals surface area contributed by atoms with Crippen molar-refractivity contribution in [1.82, 2.24) is 34.1 Å². The lowest BCUT2D eigenvalue weighted by molar-refractivity contribution is -0.0578. The standard InChI is InChI=1S/C26H32F2N10O8P2S3/c27-15-12-7-41-47(39,49)45-18-13(44-24(16(18)28)37-6-11-2-1-5-51-23-14(11)21(37)32-9-33-23)8-42-48(40,50)46-19(15)25(43-12)38-10-34-17-20(30)35-26(31-4-3-29)36-22(17)38/h6,9-10,12-13,15-16,18-19,24-25H,1-5,7-8,29H2,(H,39,49)(H,40,50)(H3,30,31,35,36)/t12-,13-,15-,16-,18-,19-,24-,25-,47?,48?/m1/s1. The van der Waals surface area contributed by atoms with Crippen molar-refractivity contribution in [2.75, 3.05) is 43.1 Å². The average Bonchev–Trinajstić information content (AvgIpc) is 3.79. The van der Waals surface area contributed by atoms with E-state index in [0.717, 1.165) is 34.6 Å².